The second kappa shape index (κ2) is 8.26. The average Bonchev–Trinajstić information content (AvgIpc) is 2.42. The Hall–Kier alpha value is -1.88. The topological polar surface area (TPSA) is 75.6 Å². The maximum atomic E-state index is 11.5. The molecule has 5 nitrogen and oxygen atoms in total. The Morgan fingerprint density at radius 2 is 1.89 bits per heavy atom. The molecule has 0 radical (unpaired) electrons. The molecule has 0 fully saturated rings. The van der Waals surface area contributed by atoms with Gasteiger partial charge in [-0.1, -0.05) is 12.1 Å². The Bertz CT molecular complexity index is 414. The summed E-state index contributed by atoms with van der Waals surface area (Å²) in [6, 6.07) is 6.47. The zero-order chi connectivity index (χ0) is 14.1. The molecule has 0 unspecified atom stereocenters. The number of methoxy groups -OCH3 is 1. The van der Waals surface area contributed by atoms with Crippen LogP contribution in [0.3, 0.4) is 0 Å². The van der Waals surface area contributed by atoms with E-state index >= 15 is 0 Å². The van der Waals surface area contributed by atoms with Gasteiger partial charge in [-0.25, -0.2) is 4.79 Å². The Balaban J connectivity index is 2.28. The van der Waals surface area contributed by atoms with Crippen LogP contribution in [0, 0.1) is 0 Å². The molecule has 19 heavy (non-hydrogen) atoms. The smallest absolute Gasteiger partial charge is 0.335 e. The molecule has 1 aromatic carbocycles. The highest BCUT2D eigenvalue weighted by atomic mass is 16.5. The normalized spacial score (nSPS) is 10.2. The largest absolute Gasteiger partial charge is 0.478 e. The molecule has 0 atom stereocenters. The lowest BCUT2D eigenvalue weighted by Gasteiger charge is -2.05. The van der Waals surface area contributed by atoms with Crippen molar-refractivity contribution in [3.63, 3.8) is 0 Å². The van der Waals surface area contributed by atoms with Crippen LogP contribution >= 0.6 is 0 Å². The van der Waals surface area contributed by atoms with Crippen molar-refractivity contribution in [1.29, 1.82) is 0 Å². The quantitative estimate of drug-likeness (QED) is 0.703. The highest BCUT2D eigenvalue weighted by molar-refractivity contribution is 5.87. The second-order valence-electron chi connectivity index (χ2n) is 4.23. The molecule has 0 aromatic heterocycles. The summed E-state index contributed by atoms with van der Waals surface area (Å²) in [5.74, 6) is -0.952. The molecule has 1 aromatic rings. The molecule has 0 saturated carbocycles. The molecular formula is C14H19NO4. The minimum absolute atomic E-state index is 0.00147. The van der Waals surface area contributed by atoms with Gasteiger partial charge in [-0.05, 0) is 30.5 Å². The summed E-state index contributed by atoms with van der Waals surface area (Å²) in [7, 11) is 1.64. The van der Waals surface area contributed by atoms with Crippen LogP contribution in [0.15, 0.2) is 24.3 Å². The molecule has 1 rings (SSSR count). The summed E-state index contributed by atoms with van der Waals surface area (Å²) in [6.45, 7) is 1.09. The minimum Gasteiger partial charge on any atom is -0.478 e. The number of unbranched alkanes of at least 4 members (excludes halogenated alkanes) is 1. The first kappa shape index (κ1) is 15.2. The van der Waals surface area contributed by atoms with Gasteiger partial charge in [0.2, 0.25) is 5.91 Å². The number of carboxylic acid groups (broad SMARTS) is 1. The van der Waals surface area contributed by atoms with Crippen molar-refractivity contribution in [2.45, 2.75) is 25.8 Å². The van der Waals surface area contributed by atoms with E-state index in [4.69, 9.17) is 9.84 Å². The highest BCUT2D eigenvalue weighted by Gasteiger charge is 2.03. The van der Waals surface area contributed by atoms with Crippen molar-refractivity contribution in [3.05, 3.63) is 35.4 Å². The molecule has 2 N–H and O–H groups in total. The van der Waals surface area contributed by atoms with Crippen LogP contribution in [-0.2, 0) is 16.1 Å². The number of carbonyl (C=O) groups is 2. The standard InChI is InChI=1S/C14H19NO4/c1-19-9-3-2-4-13(16)15-10-11-5-7-12(8-6-11)14(17)18/h5-8H,2-4,9-10H2,1H3,(H,15,16)(H,17,18). The van der Waals surface area contributed by atoms with Gasteiger partial charge in [-0.2, -0.15) is 0 Å². The second-order valence-corrected chi connectivity index (χ2v) is 4.23. The number of benzene rings is 1. The fourth-order valence-electron chi connectivity index (χ4n) is 1.59. The lowest BCUT2D eigenvalue weighted by atomic mass is 10.1. The molecule has 0 bridgehead atoms. The monoisotopic (exact) mass is 265 g/mol. The summed E-state index contributed by atoms with van der Waals surface area (Å²) in [5, 5.41) is 11.6. The Labute approximate surface area is 112 Å². The number of hydrogen-bond donors (Lipinski definition) is 2. The zero-order valence-electron chi connectivity index (χ0n) is 11.0. The predicted octanol–water partition coefficient (Wildman–Crippen LogP) is 1.82. The molecule has 104 valence electrons. The maximum absolute atomic E-state index is 11.5. The third-order valence-corrected chi connectivity index (χ3v) is 2.69. The lowest BCUT2D eigenvalue weighted by molar-refractivity contribution is -0.121. The Morgan fingerprint density at radius 1 is 1.21 bits per heavy atom. The van der Waals surface area contributed by atoms with Crippen LogP contribution < -0.4 is 5.32 Å². The van der Waals surface area contributed by atoms with E-state index in [2.05, 4.69) is 5.32 Å². The number of carboxylic acids is 1. The van der Waals surface area contributed by atoms with Crippen molar-refractivity contribution < 1.29 is 19.4 Å². The van der Waals surface area contributed by atoms with E-state index in [0.717, 1.165) is 18.4 Å². The van der Waals surface area contributed by atoms with E-state index in [0.29, 0.717) is 19.6 Å². The highest BCUT2D eigenvalue weighted by Crippen LogP contribution is 2.04. The van der Waals surface area contributed by atoms with Crippen molar-refractivity contribution in [2.75, 3.05) is 13.7 Å². The number of carbonyl (C=O) groups excluding carboxylic acids is 1. The van der Waals surface area contributed by atoms with E-state index in [9.17, 15) is 9.59 Å². The van der Waals surface area contributed by atoms with Crippen LogP contribution in [0.25, 0.3) is 0 Å². The van der Waals surface area contributed by atoms with Crippen LogP contribution in [0.2, 0.25) is 0 Å². The van der Waals surface area contributed by atoms with Gasteiger partial charge in [0.25, 0.3) is 0 Å². The van der Waals surface area contributed by atoms with Gasteiger partial charge in [0, 0.05) is 26.7 Å². The summed E-state index contributed by atoms with van der Waals surface area (Å²) < 4.78 is 4.90. The van der Waals surface area contributed by atoms with Gasteiger partial charge >= 0.3 is 5.97 Å². The maximum Gasteiger partial charge on any atom is 0.335 e. The van der Waals surface area contributed by atoms with E-state index in [1.54, 1.807) is 19.2 Å². The molecule has 0 aliphatic rings. The molecule has 0 aliphatic heterocycles. The number of hydrogen-bond acceptors (Lipinski definition) is 3. The Kier molecular flexibility index (Phi) is 6.60. The van der Waals surface area contributed by atoms with Crippen LogP contribution in [0.4, 0.5) is 0 Å². The van der Waals surface area contributed by atoms with E-state index in [1.165, 1.54) is 12.1 Å². The average molecular weight is 265 g/mol. The third kappa shape index (κ3) is 6.01. The van der Waals surface area contributed by atoms with Gasteiger partial charge in [-0.15, -0.1) is 0 Å². The third-order valence-electron chi connectivity index (χ3n) is 2.69. The van der Waals surface area contributed by atoms with Gasteiger partial charge < -0.3 is 15.2 Å². The van der Waals surface area contributed by atoms with Crippen molar-refractivity contribution in [1.82, 2.24) is 5.32 Å². The molecule has 5 heteroatoms. The van der Waals surface area contributed by atoms with Gasteiger partial charge in [-0.3, -0.25) is 4.79 Å². The van der Waals surface area contributed by atoms with Gasteiger partial charge in [0.05, 0.1) is 5.56 Å². The van der Waals surface area contributed by atoms with Crippen molar-refractivity contribution >= 4 is 11.9 Å². The molecule has 1 amide bonds. The molecule has 0 spiro atoms. The summed E-state index contributed by atoms with van der Waals surface area (Å²) >= 11 is 0. The predicted molar refractivity (Wildman–Crippen MR) is 71.0 cm³/mol. The lowest BCUT2D eigenvalue weighted by Crippen LogP contribution is -2.22. The van der Waals surface area contributed by atoms with Crippen LogP contribution in [0.5, 0.6) is 0 Å². The molecule has 0 saturated heterocycles. The first-order valence-electron chi connectivity index (χ1n) is 6.21. The van der Waals surface area contributed by atoms with Crippen LogP contribution in [-0.4, -0.2) is 30.7 Å². The minimum atomic E-state index is -0.950. The molecule has 0 heterocycles. The van der Waals surface area contributed by atoms with Gasteiger partial charge in [0.1, 0.15) is 0 Å². The summed E-state index contributed by atoms with van der Waals surface area (Å²) in [4.78, 5) is 22.2. The van der Waals surface area contributed by atoms with Gasteiger partial charge in [0.15, 0.2) is 0 Å². The fourth-order valence-corrected chi connectivity index (χ4v) is 1.59. The fraction of sp³-hybridized carbons (Fsp3) is 0.429. The Morgan fingerprint density at radius 3 is 2.47 bits per heavy atom. The summed E-state index contributed by atoms with van der Waals surface area (Å²) in [6.07, 6.45) is 2.16. The first-order valence-corrected chi connectivity index (χ1v) is 6.21. The van der Waals surface area contributed by atoms with Crippen molar-refractivity contribution in [2.24, 2.45) is 0 Å². The number of amides is 1. The number of aromatic carboxylic acids is 1. The SMILES string of the molecule is COCCCCC(=O)NCc1ccc(C(=O)O)cc1. The van der Waals surface area contributed by atoms with E-state index in [-0.39, 0.29) is 11.5 Å². The summed E-state index contributed by atoms with van der Waals surface area (Å²) in [5.41, 5.74) is 1.13. The van der Waals surface area contributed by atoms with Crippen LogP contribution in [0.1, 0.15) is 35.2 Å². The number of rotatable bonds is 8. The number of ether oxygens (including phenoxy) is 1. The van der Waals surface area contributed by atoms with E-state index in [1.807, 2.05) is 0 Å². The molecule has 0 aliphatic carbocycles. The molecular weight excluding hydrogens is 246 g/mol. The zero-order valence-corrected chi connectivity index (χ0v) is 11.0. The number of nitrogens with one attached hydrogen (secondary N) is 1. The van der Waals surface area contributed by atoms with E-state index < -0.39 is 5.97 Å². The van der Waals surface area contributed by atoms with Crippen molar-refractivity contribution in [3.8, 4) is 0 Å². The first-order chi connectivity index (χ1) is 9.13.